The normalized spacial score (nSPS) is 11.5. The molecule has 4 rings (SSSR count). The van der Waals surface area contributed by atoms with Crippen LogP contribution in [0.1, 0.15) is 12.5 Å². The molecule has 226 valence electrons. The number of ether oxygens (including phenoxy) is 1. The lowest BCUT2D eigenvalue weighted by molar-refractivity contribution is -0.114. The molecule has 0 bridgehead atoms. The van der Waals surface area contributed by atoms with Crippen LogP contribution in [0.4, 0.5) is 17.1 Å². The van der Waals surface area contributed by atoms with Crippen molar-refractivity contribution in [1.29, 1.82) is 0 Å². The van der Waals surface area contributed by atoms with Crippen molar-refractivity contribution < 1.29 is 26.4 Å². The van der Waals surface area contributed by atoms with Gasteiger partial charge in [0.15, 0.2) is 0 Å². The fraction of sp³-hybridized carbons (Fsp3) is 0.167. The molecular weight excluding hydrogens is 630 g/mol. The van der Waals surface area contributed by atoms with Crippen molar-refractivity contribution in [3.8, 4) is 5.75 Å². The summed E-state index contributed by atoms with van der Waals surface area (Å²) in [5, 5.41) is 3.08. The van der Waals surface area contributed by atoms with Crippen LogP contribution < -0.4 is 19.1 Å². The number of carbonyl (C=O) groups is 1. The molecule has 0 fully saturated rings. The van der Waals surface area contributed by atoms with Gasteiger partial charge in [0.2, 0.25) is 5.91 Å². The van der Waals surface area contributed by atoms with E-state index >= 15 is 0 Å². The molecule has 43 heavy (non-hydrogen) atoms. The SMILES string of the molecule is CCOc1ccccc1N(CC(=O)Nc1ccc(S(=O)(=O)Nc2ccc(C)c(Cl)c2)cc1)S(=O)(=O)c1ccc(SC)cc1. The second kappa shape index (κ2) is 13.7. The van der Waals surface area contributed by atoms with Crippen LogP contribution in [0, 0.1) is 6.92 Å². The maximum atomic E-state index is 13.8. The highest BCUT2D eigenvalue weighted by Gasteiger charge is 2.29. The standard InChI is InChI=1S/C30H30ClN3O6S3/c1-4-40-29-8-6-5-7-28(29)34(43(38,39)26-17-13-24(41-3)14-18-26)20-30(35)32-22-11-15-25(16-12-22)42(36,37)33-23-10-9-21(2)27(31)19-23/h5-19,33H,4,20H2,1-3H3,(H,32,35). The zero-order chi connectivity index (χ0) is 31.2. The molecule has 4 aromatic rings. The Kier molecular flexibility index (Phi) is 10.3. The summed E-state index contributed by atoms with van der Waals surface area (Å²) < 4.78 is 62.5. The van der Waals surface area contributed by atoms with Gasteiger partial charge in [-0.15, -0.1) is 11.8 Å². The molecule has 0 aliphatic carbocycles. The van der Waals surface area contributed by atoms with Gasteiger partial charge in [0, 0.05) is 15.6 Å². The number of anilines is 3. The predicted molar refractivity (Wildman–Crippen MR) is 172 cm³/mol. The van der Waals surface area contributed by atoms with E-state index < -0.39 is 32.5 Å². The third-order valence-corrected chi connectivity index (χ3v) is 10.6. The summed E-state index contributed by atoms with van der Waals surface area (Å²) in [6.07, 6.45) is 1.89. The number of nitrogens with zero attached hydrogens (tertiary/aromatic N) is 1. The number of hydrogen-bond acceptors (Lipinski definition) is 7. The Morgan fingerprint density at radius 3 is 2.14 bits per heavy atom. The fourth-order valence-electron chi connectivity index (χ4n) is 4.03. The van der Waals surface area contributed by atoms with Crippen molar-refractivity contribution in [3.63, 3.8) is 0 Å². The largest absolute Gasteiger partial charge is 0.492 e. The van der Waals surface area contributed by atoms with Gasteiger partial charge in [-0.2, -0.15) is 0 Å². The number of thioether (sulfide) groups is 1. The second-order valence-electron chi connectivity index (χ2n) is 9.23. The molecule has 0 saturated heterocycles. The lowest BCUT2D eigenvalue weighted by Gasteiger charge is -2.26. The minimum Gasteiger partial charge on any atom is -0.492 e. The third-order valence-electron chi connectivity index (χ3n) is 6.24. The summed E-state index contributed by atoms with van der Waals surface area (Å²) in [7, 11) is -8.12. The van der Waals surface area contributed by atoms with Crippen LogP contribution >= 0.6 is 23.4 Å². The summed E-state index contributed by atoms with van der Waals surface area (Å²) in [6, 6.07) is 23.3. The zero-order valence-corrected chi connectivity index (χ0v) is 26.8. The average molecular weight is 660 g/mol. The van der Waals surface area contributed by atoms with Crippen LogP contribution in [-0.2, 0) is 24.8 Å². The molecular formula is C30H30ClN3O6S3. The number of benzene rings is 4. The van der Waals surface area contributed by atoms with Gasteiger partial charge in [0.05, 0.1) is 27.8 Å². The van der Waals surface area contributed by atoms with Gasteiger partial charge in [-0.25, -0.2) is 16.8 Å². The summed E-state index contributed by atoms with van der Waals surface area (Å²) in [5.41, 5.74) is 1.61. The summed E-state index contributed by atoms with van der Waals surface area (Å²) >= 11 is 7.59. The molecule has 0 atom stereocenters. The Bertz CT molecular complexity index is 1820. The van der Waals surface area contributed by atoms with E-state index in [2.05, 4.69) is 10.0 Å². The van der Waals surface area contributed by atoms with E-state index in [0.717, 1.165) is 14.8 Å². The summed E-state index contributed by atoms with van der Waals surface area (Å²) in [5.74, 6) is -0.335. The number of amides is 1. The molecule has 0 aliphatic heterocycles. The highest BCUT2D eigenvalue weighted by atomic mass is 35.5. The maximum absolute atomic E-state index is 13.8. The first-order chi connectivity index (χ1) is 20.4. The molecule has 0 radical (unpaired) electrons. The van der Waals surface area contributed by atoms with Crippen LogP contribution in [0.3, 0.4) is 0 Å². The second-order valence-corrected chi connectivity index (χ2v) is 14.1. The average Bonchev–Trinajstić information content (AvgIpc) is 2.98. The number of carbonyl (C=O) groups excluding carboxylic acids is 1. The zero-order valence-electron chi connectivity index (χ0n) is 23.6. The molecule has 0 spiro atoms. The Morgan fingerprint density at radius 2 is 1.51 bits per heavy atom. The van der Waals surface area contributed by atoms with Crippen molar-refractivity contribution in [2.24, 2.45) is 0 Å². The van der Waals surface area contributed by atoms with Crippen molar-refractivity contribution in [2.75, 3.05) is 33.8 Å². The lowest BCUT2D eigenvalue weighted by atomic mass is 10.2. The lowest BCUT2D eigenvalue weighted by Crippen LogP contribution is -2.38. The number of rotatable bonds is 12. The number of halogens is 1. The Hall–Kier alpha value is -3.71. The minimum absolute atomic E-state index is 0.0151. The summed E-state index contributed by atoms with van der Waals surface area (Å²) in [6.45, 7) is 3.31. The monoisotopic (exact) mass is 659 g/mol. The van der Waals surface area contributed by atoms with Gasteiger partial charge < -0.3 is 10.1 Å². The number of nitrogens with one attached hydrogen (secondary N) is 2. The van der Waals surface area contributed by atoms with Crippen LogP contribution in [0.2, 0.25) is 5.02 Å². The van der Waals surface area contributed by atoms with Crippen LogP contribution in [0.5, 0.6) is 5.75 Å². The first-order valence-corrected chi connectivity index (χ1v) is 17.5. The molecule has 4 aromatic carbocycles. The van der Waals surface area contributed by atoms with Crippen LogP contribution in [0.25, 0.3) is 0 Å². The number of hydrogen-bond donors (Lipinski definition) is 2. The van der Waals surface area contributed by atoms with E-state index in [1.807, 2.05) is 13.2 Å². The molecule has 1 amide bonds. The highest BCUT2D eigenvalue weighted by Crippen LogP contribution is 2.33. The van der Waals surface area contributed by atoms with Gasteiger partial charge in [-0.1, -0.05) is 29.8 Å². The molecule has 13 heteroatoms. The molecule has 0 aromatic heterocycles. The highest BCUT2D eigenvalue weighted by molar-refractivity contribution is 7.98. The Labute approximate surface area is 261 Å². The Balaban J connectivity index is 1.57. The first kappa shape index (κ1) is 32.2. The third kappa shape index (κ3) is 7.82. The van der Waals surface area contributed by atoms with Crippen molar-refractivity contribution >= 4 is 66.4 Å². The van der Waals surface area contributed by atoms with E-state index in [9.17, 15) is 21.6 Å². The number of para-hydroxylation sites is 2. The molecule has 0 heterocycles. The maximum Gasteiger partial charge on any atom is 0.264 e. The van der Waals surface area contributed by atoms with Crippen LogP contribution in [-0.4, -0.2) is 42.2 Å². The van der Waals surface area contributed by atoms with Gasteiger partial charge in [-0.05, 0) is 98.5 Å². The summed E-state index contributed by atoms with van der Waals surface area (Å²) in [4.78, 5) is 14.1. The fourth-order valence-corrected chi connectivity index (χ4v) is 7.10. The van der Waals surface area contributed by atoms with E-state index in [4.69, 9.17) is 16.3 Å². The van der Waals surface area contributed by atoms with Gasteiger partial charge in [0.1, 0.15) is 12.3 Å². The minimum atomic E-state index is -4.18. The van der Waals surface area contributed by atoms with Gasteiger partial charge in [0.25, 0.3) is 20.0 Å². The molecule has 0 unspecified atom stereocenters. The number of aryl methyl sites for hydroxylation is 1. The predicted octanol–water partition coefficient (Wildman–Crippen LogP) is 6.40. The van der Waals surface area contributed by atoms with E-state index in [1.54, 1.807) is 55.5 Å². The van der Waals surface area contributed by atoms with E-state index in [1.165, 1.54) is 54.2 Å². The van der Waals surface area contributed by atoms with Gasteiger partial charge in [-0.3, -0.25) is 13.8 Å². The van der Waals surface area contributed by atoms with Crippen molar-refractivity contribution in [3.05, 3.63) is 102 Å². The molecule has 0 saturated carbocycles. The van der Waals surface area contributed by atoms with E-state index in [0.29, 0.717) is 23.1 Å². The molecule has 0 aliphatic rings. The topological polar surface area (TPSA) is 122 Å². The quantitative estimate of drug-likeness (QED) is 0.169. The number of sulfonamides is 2. The van der Waals surface area contributed by atoms with E-state index in [-0.39, 0.29) is 21.2 Å². The van der Waals surface area contributed by atoms with Crippen molar-refractivity contribution in [1.82, 2.24) is 0 Å². The van der Waals surface area contributed by atoms with Crippen molar-refractivity contribution in [2.45, 2.75) is 28.5 Å². The van der Waals surface area contributed by atoms with Gasteiger partial charge >= 0.3 is 0 Å². The molecule has 9 nitrogen and oxygen atoms in total. The smallest absolute Gasteiger partial charge is 0.264 e. The first-order valence-electron chi connectivity index (χ1n) is 13.0. The van der Waals surface area contributed by atoms with Crippen LogP contribution in [0.15, 0.2) is 106 Å². The molecule has 2 N–H and O–H groups in total. The Morgan fingerprint density at radius 1 is 0.884 bits per heavy atom.